The topological polar surface area (TPSA) is 86.7 Å². The first kappa shape index (κ1) is 21.6. The number of aromatic carboxylic acids is 1. The second kappa shape index (κ2) is 9.28. The van der Waals surface area contributed by atoms with Crippen LogP contribution in [-0.4, -0.2) is 34.7 Å². The lowest BCUT2D eigenvalue weighted by molar-refractivity contribution is -0.117. The molecule has 6 nitrogen and oxygen atoms in total. The van der Waals surface area contributed by atoms with Gasteiger partial charge in [0.1, 0.15) is 0 Å². The molecule has 7 heteroatoms. The molecule has 4 rings (SSSR count). The molecule has 0 saturated carbocycles. The Morgan fingerprint density at radius 2 is 1.59 bits per heavy atom. The third-order valence-corrected chi connectivity index (χ3v) is 6.43. The smallest absolute Gasteiger partial charge is 0.336 e. The van der Waals surface area contributed by atoms with Crippen molar-refractivity contribution in [1.82, 2.24) is 0 Å². The van der Waals surface area contributed by atoms with Crippen molar-refractivity contribution in [3.05, 3.63) is 89.5 Å². The zero-order valence-electron chi connectivity index (χ0n) is 17.4. The largest absolute Gasteiger partial charge is 0.478 e. The molecule has 0 aromatic heterocycles. The van der Waals surface area contributed by atoms with Crippen LogP contribution in [0.1, 0.15) is 33.2 Å². The normalized spacial score (nSPS) is 13.3. The number of nitrogens with one attached hydrogen (secondary N) is 1. The maximum atomic E-state index is 13.0. The van der Waals surface area contributed by atoms with Gasteiger partial charge in [0, 0.05) is 22.8 Å². The number of carbonyl (C=O) groups is 3. The summed E-state index contributed by atoms with van der Waals surface area (Å²) in [7, 11) is 0. The van der Waals surface area contributed by atoms with Gasteiger partial charge >= 0.3 is 5.97 Å². The van der Waals surface area contributed by atoms with E-state index in [2.05, 4.69) is 11.4 Å². The summed E-state index contributed by atoms with van der Waals surface area (Å²) in [6.07, 6.45) is 0.874. The molecule has 1 heterocycles. The maximum absolute atomic E-state index is 13.0. The number of carbonyl (C=O) groups excluding carboxylic acids is 2. The summed E-state index contributed by atoms with van der Waals surface area (Å²) in [5.41, 5.74) is 2.79. The molecule has 0 spiro atoms. The van der Waals surface area contributed by atoms with E-state index in [1.54, 1.807) is 24.3 Å². The zero-order valence-corrected chi connectivity index (χ0v) is 18.3. The summed E-state index contributed by atoms with van der Waals surface area (Å²) >= 11 is 1.46. The predicted octanol–water partition coefficient (Wildman–Crippen LogP) is 4.71. The van der Waals surface area contributed by atoms with Gasteiger partial charge in [0.15, 0.2) is 0 Å². The predicted molar refractivity (Wildman–Crippen MR) is 126 cm³/mol. The fourth-order valence-electron chi connectivity index (χ4n) is 3.72. The molecule has 3 aromatic rings. The number of benzene rings is 3. The Bertz CT molecular complexity index is 1180. The number of anilines is 2. The Morgan fingerprint density at radius 3 is 2.31 bits per heavy atom. The molecular weight excluding hydrogens is 424 g/mol. The van der Waals surface area contributed by atoms with Crippen molar-refractivity contribution in [2.45, 2.75) is 23.5 Å². The van der Waals surface area contributed by atoms with Crippen molar-refractivity contribution in [2.75, 3.05) is 16.8 Å². The minimum Gasteiger partial charge on any atom is -0.478 e. The monoisotopic (exact) mass is 446 g/mol. The van der Waals surface area contributed by atoms with Gasteiger partial charge in [0.2, 0.25) is 5.91 Å². The molecule has 2 amide bonds. The number of fused-ring (bicyclic) bond motifs is 1. The number of rotatable bonds is 6. The van der Waals surface area contributed by atoms with Crippen molar-refractivity contribution >= 4 is 40.9 Å². The molecule has 0 unspecified atom stereocenters. The third-order valence-electron chi connectivity index (χ3n) is 5.33. The Balaban J connectivity index is 1.39. The van der Waals surface area contributed by atoms with Crippen LogP contribution in [0.15, 0.2) is 77.7 Å². The summed E-state index contributed by atoms with van der Waals surface area (Å²) in [6.45, 7) is 2.60. The highest BCUT2D eigenvalue weighted by Crippen LogP contribution is 2.32. The minimum atomic E-state index is -1.15. The second-order valence-electron chi connectivity index (χ2n) is 7.46. The highest BCUT2D eigenvalue weighted by atomic mass is 32.2. The lowest BCUT2D eigenvalue weighted by atomic mass is 10.1. The minimum absolute atomic E-state index is 0.0481. The van der Waals surface area contributed by atoms with E-state index in [0.29, 0.717) is 12.2 Å². The van der Waals surface area contributed by atoms with E-state index in [1.807, 2.05) is 42.2 Å². The summed E-state index contributed by atoms with van der Waals surface area (Å²) in [5.74, 6) is -1.57. The van der Waals surface area contributed by atoms with Crippen molar-refractivity contribution in [2.24, 2.45) is 0 Å². The van der Waals surface area contributed by atoms with Crippen LogP contribution >= 0.6 is 11.8 Å². The number of nitrogens with zero attached hydrogens (tertiary/aromatic N) is 1. The van der Waals surface area contributed by atoms with Gasteiger partial charge in [-0.05, 0) is 61.4 Å². The molecule has 0 bridgehead atoms. The number of amides is 2. The van der Waals surface area contributed by atoms with Crippen molar-refractivity contribution < 1.29 is 19.5 Å². The maximum Gasteiger partial charge on any atom is 0.336 e. The van der Waals surface area contributed by atoms with E-state index >= 15 is 0 Å². The van der Waals surface area contributed by atoms with Crippen LogP contribution in [0.25, 0.3) is 0 Å². The quantitative estimate of drug-likeness (QED) is 0.536. The molecule has 0 aliphatic carbocycles. The Morgan fingerprint density at radius 1 is 0.938 bits per heavy atom. The molecular formula is C25H22N2O4S. The highest BCUT2D eigenvalue weighted by molar-refractivity contribution is 8.00. The molecule has 1 aliphatic heterocycles. The number of para-hydroxylation sites is 1. The Kier molecular flexibility index (Phi) is 6.28. The number of carboxylic acids is 1. The number of thioether (sulfide) groups is 1. The molecule has 2 N–H and O–H groups in total. The van der Waals surface area contributed by atoms with Crippen LogP contribution in [-0.2, 0) is 11.2 Å². The van der Waals surface area contributed by atoms with Gasteiger partial charge in [-0.3, -0.25) is 9.59 Å². The second-order valence-corrected chi connectivity index (χ2v) is 8.87. The van der Waals surface area contributed by atoms with Crippen molar-refractivity contribution in [1.29, 1.82) is 0 Å². The number of hydrogen-bond donors (Lipinski definition) is 2. The van der Waals surface area contributed by atoms with Gasteiger partial charge in [-0.1, -0.05) is 30.3 Å². The summed E-state index contributed by atoms with van der Waals surface area (Å²) in [4.78, 5) is 39.6. The summed E-state index contributed by atoms with van der Waals surface area (Å²) < 4.78 is 0. The Hall–Kier alpha value is -3.58. The first-order valence-corrected chi connectivity index (χ1v) is 11.1. The fraction of sp³-hybridized carbons (Fsp3) is 0.160. The first-order valence-electron chi connectivity index (χ1n) is 10.2. The van der Waals surface area contributed by atoms with Crippen LogP contribution in [0, 0.1) is 0 Å². The van der Waals surface area contributed by atoms with Gasteiger partial charge in [0.25, 0.3) is 5.91 Å². The van der Waals surface area contributed by atoms with Crippen molar-refractivity contribution in [3.63, 3.8) is 0 Å². The van der Waals surface area contributed by atoms with Gasteiger partial charge in [-0.2, -0.15) is 0 Å². The molecule has 0 radical (unpaired) electrons. The lowest BCUT2D eigenvalue weighted by Crippen LogP contribution is -2.35. The molecule has 1 aliphatic rings. The first-order chi connectivity index (χ1) is 15.4. The average molecular weight is 447 g/mol. The molecule has 0 saturated heterocycles. The molecule has 32 heavy (non-hydrogen) atoms. The zero-order chi connectivity index (χ0) is 22.7. The number of hydrogen-bond acceptors (Lipinski definition) is 4. The van der Waals surface area contributed by atoms with E-state index in [4.69, 9.17) is 0 Å². The molecule has 3 aromatic carbocycles. The van der Waals surface area contributed by atoms with Gasteiger partial charge in [-0.15, -0.1) is 11.8 Å². The van der Waals surface area contributed by atoms with E-state index < -0.39 is 11.9 Å². The van der Waals surface area contributed by atoms with Crippen LogP contribution in [0.5, 0.6) is 0 Å². The van der Waals surface area contributed by atoms with Crippen LogP contribution in [0.4, 0.5) is 11.4 Å². The standard InChI is InChI=1S/C25H22N2O4S/c1-16(24(29)27-15-14-17-6-2-5-9-22(17)27)32-19-12-10-18(11-13-19)26-23(28)20-7-3-4-8-21(20)25(30)31/h2-13,16H,14-15H2,1H3,(H,26,28)(H,30,31)/t16-/m0/s1. The van der Waals surface area contributed by atoms with Gasteiger partial charge < -0.3 is 15.3 Å². The van der Waals surface area contributed by atoms with E-state index in [-0.39, 0.29) is 22.3 Å². The summed E-state index contributed by atoms with van der Waals surface area (Å²) in [5, 5.41) is 11.7. The third kappa shape index (κ3) is 4.53. The summed E-state index contributed by atoms with van der Waals surface area (Å²) in [6, 6.07) is 21.2. The van der Waals surface area contributed by atoms with Crippen molar-refractivity contribution in [3.8, 4) is 0 Å². The lowest BCUT2D eigenvalue weighted by Gasteiger charge is -2.21. The van der Waals surface area contributed by atoms with E-state index in [0.717, 1.165) is 17.0 Å². The Labute approximate surface area is 190 Å². The van der Waals surface area contributed by atoms with E-state index in [1.165, 1.54) is 29.5 Å². The van der Waals surface area contributed by atoms with E-state index in [9.17, 15) is 19.5 Å². The van der Waals surface area contributed by atoms with Crippen LogP contribution < -0.4 is 10.2 Å². The van der Waals surface area contributed by atoms with Gasteiger partial charge in [0.05, 0.1) is 16.4 Å². The van der Waals surface area contributed by atoms with Crippen LogP contribution in [0.2, 0.25) is 0 Å². The SMILES string of the molecule is C[C@H](Sc1ccc(NC(=O)c2ccccc2C(=O)O)cc1)C(=O)N1CCc2ccccc21. The fourth-order valence-corrected chi connectivity index (χ4v) is 4.65. The molecule has 1 atom stereocenters. The number of carboxylic acid groups (broad SMARTS) is 1. The average Bonchev–Trinajstić information content (AvgIpc) is 3.24. The molecule has 0 fully saturated rings. The van der Waals surface area contributed by atoms with Crippen LogP contribution in [0.3, 0.4) is 0 Å². The van der Waals surface area contributed by atoms with Gasteiger partial charge in [-0.25, -0.2) is 4.79 Å². The molecule has 162 valence electrons. The highest BCUT2D eigenvalue weighted by Gasteiger charge is 2.28.